The van der Waals surface area contributed by atoms with Gasteiger partial charge in [0.1, 0.15) is 17.6 Å². The summed E-state index contributed by atoms with van der Waals surface area (Å²) in [6.07, 6.45) is 0.499. The highest BCUT2D eigenvalue weighted by Gasteiger charge is 2.43. The molecule has 0 aliphatic carbocycles. The molecule has 0 heterocycles. The van der Waals surface area contributed by atoms with Gasteiger partial charge in [0, 0.05) is 0 Å². The Bertz CT molecular complexity index is 1300. The molecule has 6 heteroatoms. The molecule has 0 aliphatic heterocycles. The van der Waals surface area contributed by atoms with Gasteiger partial charge >= 0.3 is 0 Å². The fourth-order valence-electron chi connectivity index (χ4n) is 6.15. The zero-order chi connectivity index (χ0) is 32.5. The molecule has 2 atom stereocenters. The SMILES string of the molecule is CC(C)C[C@@H](NC(=O)CC(=O)N[C@H](CC(C)C)C(O)(c1ccccc1)c1ccccc1)C(O)(c1ccccc1)c1ccccc1. The third-order valence-electron chi connectivity index (χ3n) is 8.27. The maximum atomic E-state index is 13.6. The van der Waals surface area contributed by atoms with Gasteiger partial charge in [-0.1, -0.05) is 149 Å². The molecule has 6 nitrogen and oxygen atoms in total. The second-order valence-corrected chi connectivity index (χ2v) is 12.7. The van der Waals surface area contributed by atoms with Crippen molar-refractivity contribution in [2.24, 2.45) is 11.8 Å². The standard InChI is InChI=1S/C39H46N2O4/c1-28(2)25-34(38(44,30-17-9-5-10-18-30)31-19-11-6-12-20-31)40-36(42)27-37(43)41-35(26-29(3)4)39(45,32-21-13-7-14-22-32)33-23-15-8-16-24-33/h5-24,28-29,34-35,44-45H,25-27H2,1-4H3,(H,40,42)(H,41,43)/t34-,35-/m1/s1. The molecule has 0 fully saturated rings. The van der Waals surface area contributed by atoms with E-state index >= 15 is 0 Å². The fourth-order valence-corrected chi connectivity index (χ4v) is 6.15. The minimum absolute atomic E-state index is 0.144. The van der Waals surface area contributed by atoms with Gasteiger partial charge < -0.3 is 20.8 Å². The molecule has 0 aromatic heterocycles. The lowest BCUT2D eigenvalue weighted by Gasteiger charge is -2.39. The van der Waals surface area contributed by atoms with Crippen LogP contribution in [0.3, 0.4) is 0 Å². The lowest BCUT2D eigenvalue weighted by Crippen LogP contribution is -2.54. The van der Waals surface area contributed by atoms with Gasteiger partial charge in [-0.05, 0) is 46.9 Å². The normalized spacial score (nSPS) is 13.3. The quantitative estimate of drug-likeness (QED) is 0.127. The molecule has 4 N–H and O–H groups in total. The van der Waals surface area contributed by atoms with E-state index in [1.807, 2.05) is 149 Å². The zero-order valence-electron chi connectivity index (χ0n) is 26.7. The molecular weight excluding hydrogens is 560 g/mol. The molecular formula is C39H46N2O4. The molecule has 2 amide bonds. The van der Waals surface area contributed by atoms with E-state index < -0.39 is 41.5 Å². The number of amides is 2. The first-order valence-electron chi connectivity index (χ1n) is 15.8. The van der Waals surface area contributed by atoms with Gasteiger partial charge in [0.05, 0.1) is 12.1 Å². The van der Waals surface area contributed by atoms with Crippen molar-refractivity contribution in [2.45, 2.75) is 70.2 Å². The van der Waals surface area contributed by atoms with Crippen LogP contribution >= 0.6 is 0 Å². The lowest BCUT2D eigenvalue weighted by atomic mass is 9.77. The van der Waals surface area contributed by atoms with E-state index in [1.165, 1.54) is 0 Å². The smallest absolute Gasteiger partial charge is 0.229 e. The summed E-state index contributed by atoms with van der Waals surface area (Å²) in [5, 5.41) is 30.8. The summed E-state index contributed by atoms with van der Waals surface area (Å²) in [6.45, 7) is 8.14. The molecule has 0 bridgehead atoms. The molecule has 0 aliphatic rings. The number of nitrogens with one attached hydrogen (secondary N) is 2. The lowest BCUT2D eigenvalue weighted by molar-refractivity contribution is -0.132. The Balaban J connectivity index is 1.62. The minimum atomic E-state index is -1.53. The molecule has 0 unspecified atom stereocenters. The molecule has 4 aromatic carbocycles. The highest BCUT2D eigenvalue weighted by molar-refractivity contribution is 5.97. The van der Waals surface area contributed by atoms with Crippen LogP contribution < -0.4 is 10.6 Å². The van der Waals surface area contributed by atoms with Gasteiger partial charge in [-0.2, -0.15) is 0 Å². The first-order valence-corrected chi connectivity index (χ1v) is 15.8. The van der Waals surface area contributed by atoms with Gasteiger partial charge in [0.2, 0.25) is 11.8 Å². The first-order chi connectivity index (χ1) is 21.5. The van der Waals surface area contributed by atoms with E-state index in [9.17, 15) is 19.8 Å². The van der Waals surface area contributed by atoms with Crippen LogP contribution in [0.2, 0.25) is 0 Å². The van der Waals surface area contributed by atoms with Crippen molar-refractivity contribution in [3.05, 3.63) is 144 Å². The second-order valence-electron chi connectivity index (χ2n) is 12.7. The van der Waals surface area contributed by atoms with Crippen molar-refractivity contribution in [2.75, 3.05) is 0 Å². The Hall–Kier alpha value is -4.26. The summed E-state index contributed by atoms with van der Waals surface area (Å²) in [6, 6.07) is 35.8. The molecule has 0 spiro atoms. The number of hydrogen-bond acceptors (Lipinski definition) is 4. The summed E-state index contributed by atoms with van der Waals surface area (Å²) >= 11 is 0. The van der Waals surface area contributed by atoms with Crippen molar-refractivity contribution >= 4 is 11.8 Å². The van der Waals surface area contributed by atoms with E-state index in [-0.39, 0.29) is 11.8 Å². The number of carbonyl (C=O) groups is 2. The van der Waals surface area contributed by atoms with Crippen LogP contribution in [-0.2, 0) is 20.8 Å². The average molecular weight is 607 g/mol. The monoisotopic (exact) mass is 606 g/mol. The summed E-state index contributed by atoms with van der Waals surface area (Å²) in [5.74, 6) is -0.722. The van der Waals surface area contributed by atoms with Crippen LogP contribution in [0.5, 0.6) is 0 Å². The van der Waals surface area contributed by atoms with Crippen molar-refractivity contribution in [1.82, 2.24) is 10.6 Å². The van der Waals surface area contributed by atoms with Crippen LogP contribution in [0.15, 0.2) is 121 Å². The highest BCUT2D eigenvalue weighted by Crippen LogP contribution is 2.37. The third-order valence-corrected chi connectivity index (χ3v) is 8.27. The van der Waals surface area contributed by atoms with Crippen molar-refractivity contribution in [1.29, 1.82) is 0 Å². The highest BCUT2D eigenvalue weighted by atomic mass is 16.3. The summed E-state index contributed by atoms with van der Waals surface area (Å²) in [7, 11) is 0. The Morgan fingerprint density at radius 2 is 0.756 bits per heavy atom. The maximum absolute atomic E-state index is 13.6. The number of benzene rings is 4. The van der Waals surface area contributed by atoms with Gasteiger partial charge in [-0.3, -0.25) is 9.59 Å². The van der Waals surface area contributed by atoms with Crippen LogP contribution in [0.4, 0.5) is 0 Å². The Kier molecular flexibility index (Phi) is 11.3. The zero-order valence-corrected chi connectivity index (χ0v) is 26.7. The predicted octanol–water partition coefficient (Wildman–Crippen LogP) is 6.31. The average Bonchev–Trinajstić information content (AvgIpc) is 3.04. The van der Waals surface area contributed by atoms with Gasteiger partial charge in [0.25, 0.3) is 0 Å². The maximum Gasteiger partial charge on any atom is 0.229 e. The van der Waals surface area contributed by atoms with Gasteiger partial charge in [-0.25, -0.2) is 0 Å². The first kappa shape index (κ1) is 33.6. The van der Waals surface area contributed by atoms with Crippen molar-refractivity contribution in [3.63, 3.8) is 0 Å². The summed E-state index contributed by atoms with van der Waals surface area (Å²) in [4.78, 5) is 27.2. The molecule has 0 saturated heterocycles. The van der Waals surface area contributed by atoms with Gasteiger partial charge in [0.15, 0.2) is 0 Å². The molecule has 0 saturated carbocycles. The van der Waals surface area contributed by atoms with E-state index in [4.69, 9.17) is 0 Å². The van der Waals surface area contributed by atoms with Crippen LogP contribution in [-0.4, -0.2) is 34.1 Å². The largest absolute Gasteiger partial charge is 0.378 e. The Morgan fingerprint density at radius 3 is 0.978 bits per heavy atom. The van der Waals surface area contributed by atoms with Crippen molar-refractivity contribution in [3.8, 4) is 0 Å². The summed E-state index contributed by atoms with van der Waals surface area (Å²) in [5.41, 5.74) is -0.447. The third kappa shape index (κ3) is 8.07. The minimum Gasteiger partial charge on any atom is -0.378 e. The molecule has 45 heavy (non-hydrogen) atoms. The van der Waals surface area contributed by atoms with Crippen LogP contribution in [0.25, 0.3) is 0 Å². The Morgan fingerprint density at radius 1 is 0.511 bits per heavy atom. The van der Waals surface area contributed by atoms with E-state index in [0.717, 1.165) is 0 Å². The number of carbonyl (C=O) groups excluding carboxylic acids is 2. The van der Waals surface area contributed by atoms with Crippen molar-refractivity contribution < 1.29 is 19.8 Å². The van der Waals surface area contributed by atoms with Crippen LogP contribution in [0.1, 0.15) is 69.2 Å². The van der Waals surface area contributed by atoms with Gasteiger partial charge in [-0.15, -0.1) is 0 Å². The van der Waals surface area contributed by atoms with Crippen LogP contribution in [0, 0.1) is 11.8 Å². The molecule has 236 valence electrons. The Labute approximate surface area is 267 Å². The second kappa shape index (κ2) is 15.2. The fraction of sp³-hybridized carbons (Fsp3) is 0.333. The molecule has 4 aromatic rings. The number of hydrogen-bond donors (Lipinski definition) is 4. The number of rotatable bonds is 14. The topological polar surface area (TPSA) is 98.7 Å². The number of aliphatic hydroxyl groups is 2. The van der Waals surface area contributed by atoms with E-state index in [1.54, 1.807) is 0 Å². The molecule has 0 radical (unpaired) electrons. The van der Waals surface area contributed by atoms with E-state index in [2.05, 4.69) is 10.6 Å². The predicted molar refractivity (Wildman–Crippen MR) is 179 cm³/mol. The summed E-state index contributed by atoms with van der Waals surface area (Å²) < 4.78 is 0. The van der Waals surface area contributed by atoms with E-state index in [0.29, 0.717) is 35.1 Å². The molecule has 4 rings (SSSR count).